The van der Waals surface area contributed by atoms with E-state index in [0.717, 1.165) is 6.07 Å². The standard InChI is InChI=1S/C18H22F3NO2/c1-18(2,3)24-17(23)22-8-6-12(7-9-22)4-5-13-10-15(20)16(21)11-14(13)19/h4-5,10-12H,6-9H2,1-3H3/b5-4-. The van der Waals surface area contributed by atoms with Crippen LogP contribution in [0.1, 0.15) is 39.2 Å². The Balaban J connectivity index is 1.91. The molecule has 1 fully saturated rings. The first-order valence-electron chi connectivity index (χ1n) is 7.96. The minimum absolute atomic E-state index is 0.0171. The van der Waals surface area contributed by atoms with Gasteiger partial charge in [-0.3, -0.25) is 0 Å². The number of nitrogens with zero attached hydrogens (tertiary/aromatic N) is 1. The molecule has 1 aromatic rings. The van der Waals surface area contributed by atoms with Crippen molar-refractivity contribution >= 4 is 12.2 Å². The van der Waals surface area contributed by atoms with Crippen molar-refractivity contribution in [3.8, 4) is 0 Å². The topological polar surface area (TPSA) is 29.5 Å². The van der Waals surface area contributed by atoms with Crippen LogP contribution in [0.3, 0.4) is 0 Å². The van der Waals surface area contributed by atoms with Crippen LogP contribution in [0.15, 0.2) is 18.2 Å². The van der Waals surface area contributed by atoms with Crippen LogP contribution in [0.25, 0.3) is 6.08 Å². The van der Waals surface area contributed by atoms with Gasteiger partial charge in [0.2, 0.25) is 0 Å². The summed E-state index contributed by atoms with van der Waals surface area (Å²) in [5.41, 5.74) is -0.513. The molecule has 0 aliphatic carbocycles. The van der Waals surface area contributed by atoms with Crippen molar-refractivity contribution in [3.63, 3.8) is 0 Å². The molecule has 1 aromatic carbocycles. The minimum Gasteiger partial charge on any atom is -0.444 e. The number of piperidine rings is 1. The first kappa shape index (κ1) is 18.4. The highest BCUT2D eigenvalue weighted by atomic mass is 19.2. The second kappa shape index (κ2) is 7.28. The zero-order chi connectivity index (χ0) is 17.9. The summed E-state index contributed by atoms with van der Waals surface area (Å²) >= 11 is 0. The maximum atomic E-state index is 13.6. The van der Waals surface area contributed by atoms with Crippen molar-refractivity contribution < 1.29 is 22.7 Å². The predicted octanol–water partition coefficient (Wildman–Crippen LogP) is 4.76. The normalized spacial score (nSPS) is 16.7. The Kier molecular flexibility index (Phi) is 5.57. The number of amides is 1. The van der Waals surface area contributed by atoms with Crippen LogP contribution >= 0.6 is 0 Å². The number of benzene rings is 1. The molecule has 0 bridgehead atoms. The second-order valence-corrected chi connectivity index (χ2v) is 6.95. The van der Waals surface area contributed by atoms with Gasteiger partial charge in [0.25, 0.3) is 0 Å². The lowest BCUT2D eigenvalue weighted by Gasteiger charge is -2.32. The van der Waals surface area contributed by atoms with Gasteiger partial charge >= 0.3 is 6.09 Å². The molecular weight excluding hydrogens is 319 g/mol. The van der Waals surface area contributed by atoms with Gasteiger partial charge in [-0.2, -0.15) is 0 Å². The summed E-state index contributed by atoms with van der Waals surface area (Å²) < 4.78 is 45.0. The fraction of sp³-hybridized carbons (Fsp3) is 0.500. The van der Waals surface area contributed by atoms with Gasteiger partial charge in [0.1, 0.15) is 11.4 Å². The van der Waals surface area contributed by atoms with Crippen molar-refractivity contribution in [2.75, 3.05) is 13.1 Å². The Morgan fingerprint density at radius 1 is 1.12 bits per heavy atom. The van der Waals surface area contributed by atoms with Crippen molar-refractivity contribution in [1.82, 2.24) is 4.90 Å². The highest BCUT2D eigenvalue weighted by Crippen LogP contribution is 2.23. The van der Waals surface area contributed by atoms with Crippen LogP contribution in [0.5, 0.6) is 0 Å². The fourth-order valence-corrected chi connectivity index (χ4v) is 2.51. The third kappa shape index (κ3) is 5.01. The fourth-order valence-electron chi connectivity index (χ4n) is 2.51. The molecule has 0 atom stereocenters. The van der Waals surface area contributed by atoms with Crippen LogP contribution in [0, 0.1) is 23.4 Å². The van der Waals surface area contributed by atoms with Crippen molar-refractivity contribution in [2.45, 2.75) is 39.2 Å². The van der Waals surface area contributed by atoms with E-state index in [0.29, 0.717) is 32.0 Å². The van der Waals surface area contributed by atoms with E-state index in [9.17, 15) is 18.0 Å². The molecule has 1 heterocycles. The van der Waals surface area contributed by atoms with E-state index in [2.05, 4.69) is 0 Å². The molecule has 0 radical (unpaired) electrons. The number of allylic oxidation sites excluding steroid dienone is 1. The molecule has 0 N–H and O–H groups in total. The number of hydrogen-bond acceptors (Lipinski definition) is 2. The van der Waals surface area contributed by atoms with Crippen LogP contribution < -0.4 is 0 Å². The number of ether oxygens (including phenoxy) is 1. The summed E-state index contributed by atoms with van der Waals surface area (Å²) in [4.78, 5) is 13.6. The first-order valence-corrected chi connectivity index (χ1v) is 7.96. The summed E-state index contributed by atoms with van der Waals surface area (Å²) in [6, 6.07) is 1.39. The Morgan fingerprint density at radius 2 is 1.71 bits per heavy atom. The molecular formula is C18H22F3NO2. The first-order chi connectivity index (χ1) is 11.2. The van der Waals surface area contributed by atoms with Crippen LogP contribution in [0.2, 0.25) is 0 Å². The van der Waals surface area contributed by atoms with Crippen molar-refractivity contribution in [3.05, 3.63) is 41.2 Å². The molecule has 0 aromatic heterocycles. The van der Waals surface area contributed by atoms with Gasteiger partial charge < -0.3 is 9.64 Å². The van der Waals surface area contributed by atoms with E-state index in [1.54, 1.807) is 11.0 Å². The zero-order valence-electron chi connectivity index (χ0n) is 14.1. The quantitative estimate of drug-likeness (QED) is 0.726. The highest BCUT2D eigenvalue weighted by Gasteiger charge is 2.25. The van der Waals surface area contributed by atoms with Crippen LogP contribution in [0.4, 0.5) is 18.0 Å². The third-order valence-corrected chi connectivity index (χ3v) is 3.78. The number of halogens is 3. The monoisotopic (exact) mass is 341 g/mol. The van der Waals surface area contributed by atoms with Crippen LogP contribution in [-0.2, 0) is 4.74 Å². The number of rotatable bonds is 2. The SMILES string of the molecule is CC(C)(C)OC(=O)N1CCC(/C=C\c2cc(F)c(F)cc2F)CC1. The highest BCUT2D eigenvalue weighted by molar-refractivity contribution is 5.68. The Hall–Kier alpha value is -1.98. The summed E-state index contributed by atoms with van der Waals surface area (Å²) in [5.74, 6) is -2.92. The van der Waals surface area contributed by atoms with Crippen LogP contribution in [-0.4, -0.2) is 29.7 Å². The molecule has 0 spiro atoms. The Labute approximate surface area is 140 Å². The summed E-state index contributed by atoms with van der Waals surface area (Å²) in [6.07, 6.45) is 4.33. The maximum absolute atomic E-state index is 13.6. The molecule has 0 unspecified atom stereocenters. The molecule has 132 valence electrons. The van der Waals surface area contributed by atoms with Crippen molar-refractivity contribution in [1.29, 1.82) is 0 Å². The number of hydrogen-bond donors (Lipinski definition) is 0. The summed E-state index contributed by atoms with van der Waals surface area (Å²) in [5, 5.41) is 0. The predicted molar refractivity (Wildman–Crippen MR) is 85.9 cm³/mol. The third-order valence-electron chi connectivity index (χ3n) is 3.78. The molecule has 1 aliphatic heterocycles. The second-order valence-electron chi connectivity index (χ2n) is 6.95. The Morgan fingerprint density at radius 3 is 2.29 bits per heavy atom. The maximum Gasteiger partial charge on any atom is 0.410 e. The van der Waals surface area contributed by atoms with Gasteiger partial charge in [-0.25, -0.2) is 18.0 Å². The molecule has 3 nitrogen and oxygen atoms in total. The average Bonchev–Trinajstić information content (AvgIpc) is 2.48. The van der Waals surface area contributed by atoms with E-state index >= 15 is 0 Å². The van der Waals surface area contributed by atoms with E-state index in [1.165, 1.54) is 6.08 Å². The van der Waals surface area contributed by atoms with E-state index in [1.807, 2.05) is 20.8 Å². The molecule has 1 amide bonds. The largest absolute Gasteiger partial charge is 0.444 e. The molecule has 1 saturated heterocycles. The number of carbonyl (C=O) groups is 1. The smallest absolute Gasteiger partial charge is 0.410 e. The number of carbonyl (C=O) groups excluding carboxylic acids is 1. The van der Waals surface area contributed by atoms with E-state index in [4.69, 9.17) is 4.74 Å². The average molecular weight is 341 g/mol. The molecule has 1 aliphatic rings. The van der Waals surface area contributed by atoms with Gasteiger partial charge in [-0.1, -0.05) is 12.2 Å². The van der Waals surface area contributed by atoms with Gasteiger partial charge in [-0.15, -0.1) is 0 Å². The molecule has 0 saturated carbocycles. The van der Waals surface area contributed by atoms with E-state index in [-0.39, 0.29) is 17.6 Å². The lowest BCUT2D eigenvalue weighted by Crippen LogP contribution is -2.41. The number of likely N-dealkylation sites (tertiary alicyclic amines) is 1. The van der Waals surface area contributed by atoms with E-state index < -0.39 is 23.1 Å². The lowest BCUT2D eigenvalue weighted by molar-refractivity contribution is 0.0197. The summed E-state index contributed by atoms with van der Waals surface area (Å²) in [6.45, 7) is 6.54. The molecule has 24 heavy (non-hydrogen) atoms. The lowest BCUT2D eigenvalue weighted by atomic mass is 9.96. The Bertz CT molecular complexity index is 630. The van der Waals surface area contributed by atoms with Gasteiger partial charge in [-0.05, 0) is 45.6 Å². The van der Waals surface area contributed by atoms with Gasteiger partial charge in [0.05, 0.1) is 0 Å². The minimum atomic E-state index is -1.20. The van der Waals surface area contributed by atoms with Gasteiger partial charge in [0.15, 0.2) is 11.6 Å². The molecule has 6 heteroatoms. The van der Waals surface area contributed by atoms with Gasteiger partial charge in [0, 0.05) is 24.7 Å². The summed E-state index contributed by atoms with van der Waals surface area (Å²) in [7, 11) is 0. The van der Waals surface area contributed by atoms with Crippen molar-refractivity contribution in [2.24, 2.45) is 5.92 Å². The zero-order valence-corrected chi connectivity index (χ0v) is 14.1. The molecule has 2 rings (SSSR count).